The molecule has 17 nitrogen and oxygen atoms in total. The molecule has 17 heteroatoms. The number of carbonyl (C=O) groups excluding carboxylic acids is 5. The Hall–Kier alpha value is -4.25. The number of hydrogen-bond donors (Lipinski definition) is 8. The van der Waals surface area contributed by atoms with Crippen molar-refractivity contribution in [2.75, 3.05) is 39.5 Å². The molecule has 0 saturated heterocycles. The Morgan fingerprint density at radius 3 is 1.57 bits per heavy atom. The number of carboxylic acid groups (broad SMARTS) is 2. The van der Waals surface area contributed by atoms with Crippen molar-refractivity contribution in [3.05, 3.63) is 11.8 Å². The van der Waals surface area contributed by atoms with Crippen LogP contribution in [0.4, 0.5) is 0 Å². The number of amides is 5. The summed E-state index contributed by atoms with van der Waals surface area (Å²) in [5, 5.41) is 32.8. The molecular formula is C27H46N6O11. The van der Waals surface area contributed by atoms with E-state index in [0.29, 0.717) is 18.7 Å². The molecule has 0 aliphatic heterocycles. The van der Waals surface area contributed by atoms with Gasteiger partial charge in [-0.2, -0.15) is 0 Å². The van der Waals surface area contributed by atoms with Gasteiger partial charge in [0.1, 0.15) is 24.2 Å². The van der Waals surface area contributed by atoms with Crippen molar-refractivity contribution in [2.24, 2.45) is 0 Å². The van der Waals surface area contributed by atoms with Crippen molar-refractivity contribution in [1.82, 2.24) is 31.9 Å². The van der Waals surface area contributed by atoms with Crippen LogP contribution >= 0.6 is 0 Å². The van der Waals surface area contributed by atoms with E-state index in [-0.39, 0.29) is 57.6 Å². The molecule has 4 unspecified atom stereocenters. The van der Waals surface area contributed by atoms with Gasteiger partial charge in [0.25, 0.3) is 0 Å². The lowest BCUT2D eigenvalue weighted by Crippen LogP contribution is -2.49. The average molecular weight is 631 g/mol. The van der Waals surface area contributed by atoms with E-state index in [4.69, 9.17) is 19.7 Å². The summed E-state index contributed by atoms with van der Waals surface area (Å²) in [7, 11) is 0. The molecular weight excluding hydrogens is 584 g/mol. The van der Waals surface area contributed by atoms with Crippen molar-refractivity contribution < 1.29 is 53.2 Å². The molecule has 0 aliphatic carbocycles. The van der Waals surface area contributed by atoms with Crippen LogP contribution in [0.5, 0.6) is 0 Å². The summed E-state index contributed by atoms with van der Waals surface area (Å²) >= 11 is 0. The molecule has 4 atom stereocenters. The van der Waals surface area contributed by atoms with E-state index in [1.807, 2.05) is 0 Å². The predicted molar refractivity (Wildman–Crippen MR) is 156 cm³/mol. The van der Waals surface area contributed by atoms with Gasteiger partial charge in [0.2, 0.25) is 29.5 Å². The van der Waals surface area contributed by atoms with Gasteiger partial charge in [0.15, 0.2) is 0 Å². The van der Waals surface area contributed by atoms with Gasteiger partial charge in [-0.25, -0.2) is 0 Å². The first-order valence-corrected chi connectivity index (χ1v) is 14.1. The minimum atomic E-state index is -1.18. The fourth-order valence-corrected chi connectivity index (χ4v) is 3.13. The highest BCUT2D eigenvalue weighted by atomic mass is 16.5. The second kappa shape index (κ2) is 22.3. The smallest absolute Gasteiger partial charge is 0.325 e. The van der Waals surface area contributed by atoms with Crippen LogP contribution in [0, 0.1) is 0 Å². The molecule has 0 aromatic carbocycles. The summed E-state index contributed by atoms with van der Waals surface area (Å²) in [5.41, 5.74) is 0.589. The van der Waals surface area contributed by atoms with E-state index >= 15 is 0 Å². The number of nitrogens with one attached hydrogen (secondary N) is 6. The van der Waals surface area contributed by atoms with Crippen molar-refractivity contribution >= 4 is 41.5 Å². The third kappa shape index (κ3) is 19.8. The fourth-order valence-electron chi connectivity index (χ4n) is 3.13. The highest BCUT2D eigenvalue weighted by Gasteiger charge is 2.21. The zero-order valence-electron chi connectivity index (χ0n) is 25.8. The quantitative estimate of drug-likeness (QED) is 0.0450. The molecule has 0 bridgehead atoms. The van der Waals surface area contributed by atoms with Crippen LogP contribution in [0.1, 0.15) is 53.9 Å². The molecule has 44 heavy (non-hydrogen) atoms. The van der Waals surface area contributed by atoms with Crippen LogP contribution in [0.15, 0.2) is 11.8 Å². The van der Waals surface area contributed by atoms with Crippen molar-refractivity contribution in [1.29, 1.82) is 0 Å². The predicted octanol–water partition coefficient (Wildman–Crippen LogP) is -2.01. The van der Waals surface area contributed by atoms with Crippen LogP contribution < -0.4 is 31.9 Å². The number of rotatable bonds is 23. The number of allylic oxidation sites excluding steroid dienone is 1. The van der Waals surface area contributed by atoms with Gasteiger partial charge in [-0.1, -0.05) is 0 Å². The van der Waals surface area contributed by atoms with E-state index < -0.39 is 53.8 Å². The first-order chi connectivity index (χ1) is 20.6. The summed E-state index contributed by atoms with van der Waals surface area (Å²) in [4.78, 5) is 81.1. The molecule has 0 rings (SSSR count). The zero-order chi connectivity index (χ0) is 33.7. The molecule has 0 heterocycles. The minimum Gasteiger partial charge on any atom is -0.480 e. The van der Waals surface area contributed by atoms with Gasteiger partial charge in [-0.05, 0) is 41.0 Å². The van der Waals surface area contributed by atoms with E-state index in [1.54, 1.807) is 6.92 Å². The van der Waals surface area contributed by atoms with E-state index in [0.717, 1.165) is 0 Å². The summed E-state index contributed by atoms with van der Waals surface area (Å²) in [6.45, 7) is 8.70. The maximum absolute atomic E-state index is 12.0. The molecule has 250 valence electrons. The zero-order valence-corrected chi connectivity index (χ0v) is 25.8. The minimum absolute atomic E-state index is 0.00606. The summed E-state index contributed by atoms with van der Waals surface area (Å²) in [6, 6.07) is -3.92. The third-order valence-corrected chi connectivity index (χ3v) is 5.71. The van der Waals surface area contributed by atoms with Gasteiger partial charge in [-0.15, -0.1) is 0 Å². The van der Waals surface area contributed by atoms with E-state index in [1.165, 1.54) is 33.8 Å². The summed E-state index contributed by atoms with van der Waals surface area (Å²) < 4.78 is 10.8. The van der Waals surface area contributed by atoms with Gasteiger partial charge >= 0.3 is 11.9 Å². The molecule has 0 fully saturated rings. The molecule has 0 radical (unpaired) electrons. The van der Waals surface area contributed by atoms with Crippen LogP contribution in [0.2, 0.25) is 0 Å². The Balaban J connectivity index is 3.91. The van der Waals surface area contributed by atoms with Crippen LogP contribution in [-0.4, -0.2) is 115 Å². The van der Waals surface area contributed by atoms with E-state index in [2.05, 4.69) is 31.9 Å². The summed E-state index contributed by atoms with van der Waals surface area (Å²) in [5.74, 6) is -4.71. The Morgan fingerprint density at radius 2 is 1.07 bits per heavy atom. The average Bonchev–Trinajstić information content (AvgIpc) is 2.93. The molecule has 0 saturated carbocycles. The molecule has 0 spiro atoms. The number of hydrogen-bond acceptors (Lipinski definition) is 10. The second-order valence-corrected chi connectivity index (χ2v) is 9.84. The lowest BCUT2D eigenvalue weighted by atomic mass is 10.2. The second-order valence-electron chi connectivity index (χ2n) is 9.84. The maximum Gasteiger partial charge on any atom is 0.325 e. The molecule has 5 amide bonds. The molecule has 8 N–H and O–H groups in total. The Bertz CT molecular complexity index is 1020. The van der Waals surface area contributed by atoms with Crippen molar-refractivity contribution in [3.63, 3.8) is 0 Å². The number of carbonyl (C=O) groups is 7. The first-order valence-electron chi connectivity index (χ1n) is 14.1. The maximum atomic E-state index is 12.0. The number of aliphatic carboxylic acids is 2. The SMILES string of the molecule is C/C(=C\C(=O)NCCOCCCC(=O)NC(C)C(=O)NC(C)C(=O)O)NCCOCCC(=O)NC(C)C(=O)NC(C)C(=O)O. The Kier molecular flexibility index (Phi) is 20.2. The largest absolute Gasteiger partial charge is 0.480 e. The van der Waals surface area contributed by atoms with Crippen LogP contribution in [0.3, 0.4) is 0 Å². The number of carboxylic acids is 2. The topological polar surface area (TPSA) is 251 Å². The molecule has 0 aliphatic rings. The van der Waals surface area contributed by atoms with E-state index in [9.17, 15) is 33.6 Å². The highest BCUT2D eigenvalue weighted by Crippen LogP contribution is 1.95. The Morgan fingerprint density at radius 1 is 0.614 bits per heavy atom. The monoisotopic (exact) mass is 630 g/mol. The van der Waals surface area contributed by atoms with Gasteiger partial charge in [-0.3, -0.25) is 33.6 Å². The highest BCUT2D eigenvalue weighted by molar-refractivity contribution is 5.91. The third-order valence-electron chi connectivity index (χ3n) is 5.71. The molecule has 0 aromatic rings. The standard InChI is InChI=1S/C27H46N6O11/c1-16(28-9-13-44-12-8-22(35)31-18(3)25(38)33-20(5)27(41)42)15-23(36)29-10-14-43-11-6-7-21(34)30-17(2)24(37)32-19(4)26(39)40/h15,17-20,28H,6-14H2,1-5H3,(H,29,36)(H,30,34)(H,31,35)(H,32,37)(H,33,38)(H,39,40)(H,41,42)/b16-15+. The van der Waals surface area contributed by atoms with Gasteiger partial charge in [0, 0.05) is 44.3 Å². The van der Waals surface area contributed by atoms with Gasteiger partial charge in [0.05, 0.1) is 19.8 Å². The fraction of sp³-hybridized carbons (Fsp3) is 0.667. The first kappa shape index (κ1) is 39.8. The lowest BCUT2D eigenvalue weighted by molar-refractivity contribution is -0.142. The normalized spacial score (nSPS) is 13.8. The van der Waals surface area contributed by atoms with Crippen molar-refractivity contribution in [2.45, 2.75) is 78.0 Å². The van der Waals surface area contributed by atoms with Gasteiger partial charge < -0.3 is 51.6 Å². The molecule has 0 aromatic heterocycles. The van der Waals surface area contributed by atoms with Crippen LogP contribution in [0.25, 0.3) is 0 Å². The summed E-state index contributed by atoms with van der Waals surface area (Å²) in [6.07, 6.45) is 1.87. The van der Waals surface area contributed by atoms with Crippen LogP contribution in [-0.2, 0) is 43.0 Å². The number of ether oxygens (including phenoxy) is 2. The Labute approximate surface area is 256 Å². The van der Waals surface area contributed by atoms with Crippen molar-refractivity contribution in [3.8, 4) is 0 Å². The lowest BCUT2D eigenvalue weighted by Gasteiger charge is -2.16.